The predicted octanol–water partition coefficient (Wildman–Crippen LogP) is 3.95. The summed E-state index contributed by atoms with van der Waals surface area (Å²) in [6.07, 6.45) is 2.38. The van der Waals surface area contributed by atoms with Gasteiger partial charge in [-0.15, -0.1) is 0 Å². The number of hydrogen-bond acceptors (Lipinski definition) is 3. The Balaban J connectivity index is 2.27. The number of aromatic nitrogens is 1. The molecule has 0 saturated heterocycles. The number of unbranched alkanes of at least 4 members (excludes halogenated alkanes) is 1. The summed E-state index contributed by atoms with van der Waals surface area (Å²) in [4.78, 5) is 18.2. The zero-order chi connectivity index (χ0) is 15.4. The molecule has 21 heavy (non-hydrogen) atoms. The fourth-order valence-corrected chi connectivity index (χ4v) is 3.29. The van der Waals surface area contributed by atoms with Gasteiger partial charge >= 0.3 is 4.87 Å². The Morgan fingerprint density at radius 3 is 2.67 bits per heavy atom. The summed E-state index contributed by atoms with van der Waals surface area (Å²) >= 11 is 1.33. The molecule has 2 aromatic rings. The average molecular weight is 304 g/mol. The van der Waals surface area contributed by atoms with Crippen LogP contribution in [0.1, 0.15) is 35.8 Å². The number of thiazole rings is 1. The van der Waals surface area contributed by atoms with Crippen LogP contribution in [0.25, 0.3) is 11.3 Å². The maximum atomic E-state index is 11.8. The first-order valence-corrected chi connectivity index (χ1v) is 8.31. The van der Waals surface area contributed by atoms with Crippen LogP contribution in [0.5, 0.6) is 0 Å². The van der Waals surface area contributed by atoms with Gasteiger partial charge in [-0.1, -0.05) is 36.8 Å². The summed E-state index contributed by atoms with van der Waals surface area (Å²) in [6.45, 7) is 8.30. The first-order valence-electron chi connectivity index (χ1n) is 7.49. The van der Waals surface area contributed by atoms with Gasteiger partial charge in [-0.3, -0.25) is 4.79 Å². The fourth-order valence-electron chi connectivity index (χ4n) is 2.35. The molecule has 0 saturated carbocycles. The number of nitrogens with zero attached hydrogens (tertiary/aromatic N) is 1. The molecular weight excluding hydrogens is 280 g/mol. The van der Waals surface area contributed by atoms with Crippen molar-refractivity contribution >= 4 is 11.3 Å². The van der Waals surface area contributed by atoms with Crippen LogP contribution in [0.15, 0.2) is 23.0 Å². The van der Waals surface area contributed by atoms with Gasteiger partial charge in [0.25, 0.3) is 0 Å². The Morgan fingerprint density at radius 1 is 1.24 bits per heavy atom. The SMILES string of the molecule is CCCCN(C)Cc1sc(=O)[nH]c1-c1ccc(C)c(C)c1. The van der Waals surface area contributed by atoms with Gasteiger partial charge < -0.3 is 9.88 Å². The van der Waals surface area contributed by atoms with Crippen LogP contribution >= 0.6 is 11.3 Å². The van der Waals surface area contributed by atoms with E-state index in [-0.39, 0.29) is 4.87 Å². The van der Waals surface area contributed by atoms with Crippen molar-refractivity contribution < 1.29 is 0 Å². The minimum atomic E-state index is 0.0297. The van der Waals surface area contributed by atoms with E-state index in [1.54, 1.807) is 0 Å². The summed E-state index contributed by atoms with van der Waals surface area (Å²) < 4.78 is 0. The van der Waals surface area contributed by atoms with Crippen LogP contribution < -0.4 is 4.87 Å². The standard InChI is InChI=1S/C17H24N2OS/c1-5-6-9-19(4)11-15-16(18-17(20)21-15)14-8-7-12(2)13(3)10-14/h7-8,10H,5-6,9,11H2,1-4H3,(H,18,20). The Bertz CT molecular complexity index is 657. The molecule has 0 unspecified atom stereocenters. The summed E-state index contributed by atoms with van der Waals surface area (Å²) in [5, 5.41) is 0. The molecule has 0 amide bonds. The molecule has 0 atom stereocenters. The van der Waals surface area contributed by atoms with Crippen LogP contribution in [0, 0.1) is 13.8 Å². The molecular formula is C17H24N2OS. The van der Waals surface area contributed by atoms with Crippen LogP contribution in [0.3, 0.4) is 0 Å². The van der Waals surface area contributed by atoms with E-state index in [1.165, 1.54) is 35.3 Å². The number of H-pyrrole nitrogens is 1. The van der Waals surface area contributed by atoms with Crippen molar-refractivity contribution in [2.45, 2.75) is 40.2 Å². The highest BCUT2D eigenvalue weighted by Gasteiger charge is 2.12. The molecule has 0 aliphatic heterocycles. The van der Waals surface area contributed by atoms with Crippen molar-refractivity contribution in [3.63, 3.8) is 0 Å². The molecule has 3 nitrogen and oxygen atoms in total. The van der Waals surface area contributed by atoms with Crippen molar-refractivity contribution in [3.8, 4) is 11.3 Å². The highest BCUT2D eigenvalue weighted by atomic mass is 32.1. The zero-order valence-electron chi connectivity index (χ0n) is 13.3. The van der Waals surface area contributed by atoms with Crippen molar-refractivity contribution in [1.29, 1.82) is 0 Å². The Morgan fingerprint density at radius 2 is 2.00 bits per heavy atom. The highest BCUT2D eigenvalue weighted by molar-refractivity contribution is 7.09. The Labute approximate surface area is 130 Å². The largest absolute Gasteiger partial charge is 0.312 e. The molecule has 4 heteroatoms. The third kappa shape index (κ3) is 4.05. The maximum absolute atomic E-state index is 11.8. The van der Waals surface area contributed by atoms with E-state index < -0.39 is 0 Å². The quantitative estimate of drug-likeness (QED) is 0.877. The van der Waals surface area contributed by atoms with E-state index in [0.29, 0.717) is 0 Å². The van der Waals surface area contributed by atoms with E-state index >= 15 is 0 Å². The second-order valence-corrected chi connectivity index (χ2v) is 6.77. The first kappa shape index (κ1) is 16.0. The van der Waals surface area contributed by atoms with E-state index in [2.05, 4.69) is 55.9 Å². The Kier molecular flexibility index (Phi) is 5.37. The topological polar surface area (TPSA) is 36.1 Å². The van der Waals surface area contributed by atoms with Gasteiger partial charge in [0.05, 0.1) is 5.69 Å². The number of aromatic amines is 1. The normalized spacial score (nSPS) is 11.3. The molecule has 1 N–H and O–H groups in total. The van der Waals surface area contributed by atoms with Crippen molar-refractivity contribution in [2.75, 3.05) is 13.6 Å². The smallest absolute Gasteiger partial charge is 0.305 e. The molecule has 0 bridgehead atoms. The van der Waals surface area contributed by atoms with Crippen LogP contribution in [-0.4, -0.2) is 23.5 Å². The van der Waals surface area contributed by atoms with E-state index in [1.807, 2.05) is 0 Å². The molecule has 1 heterocycles. The van der Waals surface area contributed by atoms with Gasteiger partial charge in [-0.25, -0.2) is 0 Å². The maximum Gasteiger partial charge on any atom is 0.305 e. The highest BCUT2D eigenvalue weighted by Crippen LogP contribution is 2.26. The minimum Gasteiger partial charge on any atom is -0.312 e. The van der Waals surface area contributed by atoms with E-state index in [4.69, 9.17) is 0 Å². The van der Waals surface area contributed by atoms with Crippen molar-refractivity contribution in [3.05, 3.63) is 43.9 Å². The number of benzene rings is 1. The summed E-state index contributed by atoms with van der Waals surface area (Å²) in [5.74, 6) is 0. The monoisotopic (exact) mass is 304 g/mol. The number of rotatable bonds is 6. The predicted molar refractivity (Wildman–Crippen MR) is 91.1 cm³/mol. The third-order valence-electron chi connectivity index (χ3n) is 3.82. The average Bonchev–Trinajstić information content (AvgIpc) is 2.80. The molecule has 0 spiro atoms. The first-order chi connectivity index (χ1) is 10.0. The van der Waals surface area contributed by atoms with Crippen LogP contribution in [0.4, 0.5) is 0 Å². The molecule has 114 valence electrons. The number of aryl methyl sites for hydroxylation is 2. The molecule has 2 rings (SSSR count). The molecule has 0 fully saturated rings. The summed E-state index contributed by atoms with van der Waals surface area (Å²) in [5.41, 5.74) is 4.62. The fraction of sp³-hybridized carbons (Fsp3) is 0.471. The molecule has 1 aromatic heterocycles. The third-order valence-corrected chi connectivity index (χ3v) is 4.69. The van der Waals surface area contributed by atoms with Gasteiger partial charge in [-0.05, 0) is 56.6 Å². The summed E-state index contributed by atoms with van der Waals surface area (Å²) in [7, 11) is 2.12. The summed E-state index contributed by atoms with van der Waals surface area (Å²) in [6, 6.07) is 6.37. The lowest BCUT2D eigenvalue weighted by atomic mass is 10.0. The van der Waals surface area contributed by atoms with Crippen LogP contribution in [-0.2, 0) is 6.54 Å². The van der Waals surface area contributed by atoms with Crippen LogP contribution in [0.2, 0.25) is 0 Å². The minimum absolute atomic E-state index is 0.0297. The van der Waals surface area contributed by atoms with Gasteiger partial charge in [0.15, 0.2) is 0 Å². The molecule has 0 radical (unpaired) electrons. The van der Waals surface area contributed by atoms with Gasteiger partial charge in [0.1, 0.15) is 0 Å². The molecule has 0 aliphatic carbocycles. The lowest BCUT2D eigenvalue weighted by Crippen LogP contribution is -2.18. The number of nitrogens with one attached hydrogen (secondary N) is 1. The number of hydrogen-bond donors (Lipinski definition) is 1. The van der Waals surface area contributed by atoms with Crippen molar-refractivity contribution in [2.24, 2.45) is 0 Å². The zero-order valence-corrected chi connectivity index (χ0v) is 14.1. The Hall–Kier alpha value is -1.39. The van der Waals surface area contributed by atoms with Gasteiger partial charge in [0.2, 0.25) is 0 Å². The lowest BCUT2D eigenvalue weighted by Gasteiger charge is -2.16. The van der Waals surface area contributed by atoms with Gasteiger partial charge in [-0.2, -0.15) is 0 Å². The second-order valence-electron chi connectivity index (χ2n) is 5.70. The molecule has 1 aromatic carbocycles. The van der Waals surface area contributed by atoms with Gasteiger partial charge in [0, 0.05) is 11.4 Å². The van der Waals surface area contributed by atoms with Crippen molar-refractivity contribution in [1.82, 2.24) is 9.88 Å². The second kappa shape index (κ2) is 7.05. The van der Waals surface area contributed by atoms with E-state index in [9.17, 15) is 4.79 Å². The lowest BCUT2D eigenvalue weighted by molar-refractivity contribution is 0.324. The molecule has 0 aliphatic rings. The van der Waals surface area contributed by atoms with E-state index in [0.717, 1.165) is 29.2 Å².